The Morgan fingerprint density at radius 3 is 2.29 bits per heavy atom. The fourth-order valence-electron chi connectivity index (χ4n) is 4.08. The van der Waals surface area contributed by atoms with Gasteiger partial charge in [0.25, 0.3) is 0 Å². The van der Waals surface area contributed by atoms with Gasteiger partial charge in [0.2, 0.25) is 0 Å². The molecule has 1 N–H and O–H groups in total. The summed E-state index contributed by atoms with van der Waals surface area (Å²) < 4.78 is 29.8. The minimum absolute atomic E-state index is 0.222. The Labute approximate surface area is 185 Å². The highest BCUT2D eigenvalue weighted by Gasteiger charge is 2.39. The van der Waals surface area contributed by atoms with Crippen molar-refractivity contribution in [3.8, 4) is 16.9 Å². The van der Waals surface area contributed by atoms with Crippen molar-refractivity contribution in [3.63, 3.8) is 0 Å². The average molecular weight is 445 g/mol. The van der Waals surface area contributed by atoms with Gasteiger partial charge < -0.3 is 9.84 Å². The van der Waals surface area contributed by atoms with E-state index in [9.17, 15) is 18.3 Å². The predicted octanol–water partition coefficient (Wildman–Crippen LogP) is 5.32. The molecular formula is C25H32O5S. The fraction of sp³-hybridized carbons (Fsp3) is 0.480. The Morgan fingerprint density at radius 1 is 1.16 bits per heavy atom. The van der Waals surface area contributed by atoms with Gasteiger partial charge in [0.05, 0.1) is 16.9 Å². The molecule has 2 aromatic rings. The van der Waals surface area contributed by atoms with Gasteiger partial charge in [-0.15, -0.1) is 0 Å². The zero-order valence-electron chi connectivity index (χ0n) is 18.7. The number of hydrogen-bond donors (Lipinski definition) is 1. The third kappa shape index (κ3) is 5.29. The lowest BCUT2D eigenvalue weighted by Gasteiger charge is -2.31. The van der Waals surface area contributed by atoms with Gasteiger partial charge in [0.1, 0.15) is 5.75 Å². The van der Waals surface area contributed by atoms with Gasteiger partial charge in [-0.3, -0.25) is 4.79 Å². The first-order valence-electron chi connectivity index (χ1n) is 10.9. The van der Waals surface area contributed by atoms with Gasteiger partial charge in [-0.25, -0.2) is 8.42 Å². The molecule has 2 aromatic carbocycles. The number of sulfone groups is 1. The summed E-state index contributed by atoms with van der Waals surface area (Å²) in [6.07, 6.45) is 4.54. The predicted molar refractivity (Wildman–Crippen MR) is 122 cm³/mol. The lowest BCUT2D eigenvalue weighted by Crippen LogP contribution is -2.36. The van der Waals surface area contributed by atoms with Crippen LogP contribution < -0.4 is 4.74 Å². The second-order valence-electron chi connectivity index (χ2n) is 9.10. The van der Waals surface area contributed by atoms with E-state index in [1.54, 1.807) is 24.3 Å². The summed E-state index contributed by atoms with van der Waals surface area (Å²) in [5.41, 5.74) is 1.36. The number of aliphatic carboxylic acids is 1. The van der Waals surface area contributed by atoms with E-state index in [4.69, 9.17) is 4.74 Å². The van der Waals surface area contributed by atoms with Crippen molar-refractivity contribution < 1.29 is 23.1 Å². The minimum atomic E-state index is -3.29. The summed E-state index contributed by atoms with van der Waals surface area (Å²) in [7, 11) is -3.29. The molecule has 5 nitrogen and oxygen atoms in total. The van der Waals surface area contributed by atoms with Gasteiger partial charge in [-0.2, -0.15) is 0 Å². The van der Waals surface area contributed by atoms with Gasteiger partial charge in [0.15, 0.2) is 9.84 Å². The fourth-order valence-corrected chi connectivity index (χ4v) is 4.71. The molecule has 1 saturated carbocycles. The molecule has 1 unspecified atom stereocenters. The molecule has 168 valence electrons. The van der Waals surface area contributed by atoms with Crippen molar-refractivity contribution in [2.45, 2.75) is 56.8 Å². The van der Waals surface area contributed by atoms with Crippen molar-refractivity contribution in [2.75, 3.05) is 12.9 Å². The summed E-state index contributed by atoms with van der Waals surface area (Å²) in [4.78, 5) is 12.7. The average Bonchev–Trinajstić information content (AvgIpc) is 3.54. The van der Waals surface area contributed by atoms with E-state index in [0.29, 0.717) is 31.1 Å². The number of ether oxygens (including phenoxy) is 1. The number of carboxylic acid groups (broad SMARTS) is 1. The summed E-state index contributed by atoms with van der Waals surface area (Å²) in [6, 6.07) is 12.3. The van der Waals surface area contributed by atoms with Crippen LogP contribution in [-0.4, -0.2) is 32.4 Å². The molecule has 1 fully saturated rings. The van der Waals surface area contributed by atoms with Gasteiger partial charge >= 0.3 is 5.97 Å². The molecule has 3 rings (SSSR count). The van der Waals surface area contributed by atoms with Crippen LogP contribution in [0.15, 0.2) is 47.4 Å². The molecule has 0 bridgehead atoms. The molecule has 31 heavy (non-hydrogen) atoms. The summed E-state index contributed by atoms with van der Waals surface area (Å²) >= 11 is 0. The zero-order valence-corrected chi connectivity index (χ0v) is 19.5. The van der Waals surface area contributed by atoms with Crippen LogP contribution in [0.5, 0.6) is 5.75 Å². The number of benzene rings is 2. The molecule has 0 radical (unpaired) electrons. The van der Waals surface area contributed by atoms with Crippen LogP contribution in [0.25, 0.3) is 11.1 Å². The molecule has 0 heterocycles. The topological polar surface area (TPSA) is 80.7 Å². The summed E-state index contributed by atoms with van der Waals surface area (Å²) in [5.74, 6) is 0.672. The van der Waals surface area contributed by atoms with Crippen LogP contribution in [-0.2, 0) is 20.0 Å². The highest BCUT2D eigenvalue weighted by Crippen LogP contribution is 2.41. The van der Waals surface area contributed by atoms with Crippen LogP contribution in [0, 0.1) is 11.8 Å². The third-order valence-electron chi connectivity index (χ3n) is 6.07. The van der Waals surface area contributed by atoms with Crippen molar-refractivity contribution >= 4 is 15.8 Å². The maximum Gasteiger partial charge on any atom is 0.314 e. The molecule has 1 aliphatic carbocycles. The van der Waals surface area contributed by atoms with Crippen LogP contribution >= 0.6 is 0 Å². The molecule has 0 aliphatic heterocycles. The monoisotopic (exact) mass is 444 g/mol. The molecule has 0 saturated heterocycles. The Balaban J connectivity index is 2.10. The molecule has 0 spiro atoms. The van der Waals surface area contributed by atoms with Gasteiger partial charge in [0, 0.05) is 11.8 Å². The third-order valence-corrected chi connectivity index (χ3v) is 7.20. The number of hydrogen-bond acceptors (Lipinski definition) is 4. The van der Waals surface area contributed by atoms with Gasteiger partial charge in [-0.1, -0.05) is 39.0 Å². The first-order valence-corrected chi connectivity index (χ1v) is 12.8. The van der Waals surface area contributed by atoms with Crippen molar-refractivity contribution in [1.82, 2.24) is 0 Å². The zero-order chi connectivity index (χ0) is 22.8. The van der Waals surface area contributed by atoms with Crippen LogP contribution in [0.3, 0.4) is 0 Å². The molecular weight excluding hydrogens is 412 g/mol. The first-order chi connectivity index (χ1) is 14.6. The molecule has 0 aromatic heterocycles. The van der Waals surface area contributed by atoms with Gasteiger partial charge in [-0.05, 0) is 72.9 Å². The second-order valence-corrected chi connectivity index (χ2v) is 11.1. The Hall–Kier alpha value is -2.34. The van der Waals surface area contributed by atoms with Crippen LogP contribution in [0.2, 0.25) is 0 Å². The summed E-state index contributed by atoms with van der Waals surface area (Å²) in [6.45, 7) is 6.61. The van der Waals surface area contributed by atoms with E-state index in [2.05, 4.69) is 0 Å². The maximum absolute atomic E-state index is 12.4. The Morgan fingerprint density at radius 2 is 1.81 bits per heavy atom. The molecule has 0 amide bonds. The normalized spacial score (nSPS) is 16.2. The quantitative estimate of drug-likeness (QED) is 0.536. The van der Waals surface area contributed by atoms with Crippen LogP contribution in [0.1, 0.15) is 52.0 Å². The van der Waals surface area contributed by atoms with E-state index in [0.717, 1.165) is 16.7 Å². The highest BCUT2D eigenvalue weighted by molar-refractivity contribution is 7.90. The smallest absolute Gasteiger partial charge is 0.314 e. The van der Waals surface area contributed by atoms with Crippen LogP contribution in [0.4, 0.5) is 0 Å². The maximum atomic E-state index is 12.4. The minimum Gasteiger partial charge on any atom is -0.493 e. The first kappa shape index (κ1) is 23.3. The van der Waals surface area contributed by atoms with Crippen molar-refractivity contribution in [1.29, 1.82) is 0 Å². The number of carbonyl (C=O) groups is 1. The SMILES string of the molecule is CCC(CC(C)C)(C(=O)O)c1ccc(OCC2CC2)c(-c2ccc(S(C)(=O)=O)cc2)c1. The lowest BCUT2D eigenvalue weighted by molar-refractivity contribution is -0.144. The second kappa shape index (κ2) is 9.03. The largest absolute Gasteiger partial charge is 0.493 e. The van der Waals surface area contributed by atoms with E-state index in [1.807, 2.05) is 39.0 Å². The van der Waals surface area contributed by atoms with E-state index < -0.39 is 21.2 Å². The highest BCUT2D eigenvalue weighted by atomic mass is 32.2. The number of rotatable bonds is 10. The van der Waals surface area contributed by atoms with E-state index in [1.165, 1.54) is 19.1 Å². The molecule has 1 aliphatic rings. The van der Waals surface area contributed by atoms with Crippen molar-refractivity contribution in [2.24, 2.45) is 11.8 Å². The molecule has 1 atom stereocenters. The van der Waals surface area contributed by atoms with E-state index >= 15 is 0 Å². The number of carboxylic acids is 1. The van der Waals surface area contributed by atoms with Crippen molar-refractivity contribution in [3.05, 3.63) is 48.0 Å². The molecule has 6 heteroatoms. The van der Waals surface area contributed by atoms with E-state index in [-0.39, 0.29) is 10.8 Å². The summed E-state index contributed by atoms with van der Waals surface area (Å²) in [5, 5.41) is 10.2. The Kier molecular flexibility index (Phi) is 6.79. The Bertz CT molecular complexity index is 1040. The lowest BCUT2D eigenvalue weighted by atomic mass is 9.72. The standard InChI is InChI=1S/C25H32O5S/c1-5-25(24(26)27,15-17(2)3)20-10-13-23(30-16-18-6-7-18)22(14-20)19-8-11-21(12-9-19)31(4,28)29/h8-14,17-18H,5-7,15-16H2,1-4H3,(H,26,27).